The highest BCUT2D eigenvalue weighted by Gasteiger charge is 2.35. The van der Waals surface area contributed by atoms with Crippen LogP contribution >= 0.6 is 0 Å². The number of methoxy groups -OCH3 is 2. The number of carbonyl (C=O) groups is 1. The Kier molecular flexibility index (Phi) is 7.84. The Labute approximate surface area is 196 Å². The fourth-order valence-electron chi connectivity index (χ4n) is 4.47. The molecular formula is C26H36FN3O3. The summed E-state index contributed by atoms with van der Waals surface area (Å²) in [5, 5.41) is 6.16. The monoisotopic (exact) mass is 457 g/mol. The molecule has 0 aromatic heterocycles. The van der Waals surface area contributed by atoms with Crippen LogP contribution in [0.25, 0.3) is 0 Å². The maximum absolute atomic E-state index is 14.5. The fraction of sp³-hybridized carbons (Fsp3) is 0.500. The van der Waals surface area contributed by atoms with Crippen LogP contribution in [0.4, 0.5) is 9.18 Å². The van der Waals surface area contributed by atoms with E-state index in [1.54, 1.807) is 20.3 Å². The smallest absolute Gasteiger partial charge is 0.315 e. The first-order valence-corrected chi connectivity index (χ1v) is 11.5. The van der Waals surface area contributed by atoms with E-state index in [1.807, 2.05) is 45.0 Å². The number of benzene rings is 2. The van der Waals surface area contributed by atoms with Gasteiger partial charge >= 0.3 is 6.03 Å². The first-order valence-electron chi connectivity index (χ1n) is 11.5. The van der Waals surface area contributed by atoms with Crippen molar-refractivity contribution in [3.8, 4) is 11.5 Å². The average Bonchev–Trinajstić information content (AvgIpc) is 2.77. The molecule has 180 valence electrons. The van der Waals surface area contributed by atoms with Crippen molar-refractivity contribution in [2.24, 2.45) is 0 Å². The molecule has 7 heteroatoms. The SMILES string of the molecule is CC[C@@H](NC(=O)NC(C)(C)C)[C@H]1c2cc(OC)c(OC)cc2CCN1Cc1ccccc1F. The number of hydrogen-bond donors (Lipinski definition) is 2. The largest absolute Gasteiger partial charge is 0.493 e. The number of carbonyl (C=O) groups excluding carboxylic acids is 1. The van der Waals surface area contributed by atoms with Gasteiger partial charge in [-0.25, -0.2) is 9.18 Å². The van der Waals surface area contributed by atoms with Gasteiger partial charge in [0.25, 0.3) is 0 Å². The molecule has 0 spiro atoms. The Morgan fingerprint density at radius 2 is 1.85 bits per heavy atom. The van der Waals surface area contributed by atoms with Gasteiger partial charge in [0.05, 0.1) is 26.3 Å². The first kappa shape index (κ1) is 24.8. The third kappa shape index (κ3) is 5.96. The second-order valence-corrected chi connectivity index (χ2v) is 9.53. The number of urea groups is 1. The first-order chi connectivity index (χ1) is 15.7. The van der Waals surface area contributed by atoms with Crippen LogP contribution in [0.15, 0.2) is 36.4 Å². The number of ether oxygens (including phenoxy) is 2. The van der Waals surface area contributed by atoms with Crippen molar-refractivity contribution >= 4 is 6.03 Å². The highest BCUT2D eigenvalue weighted by molar-refractivity contribution is 5.75. The van der Waals surface area contributed by atoms with Crippen LogP contribution in [0.2, 0.25) is 0 Å². The predicted octanol–water partition coefficient (Wildman–Crippen LogP) is 4.82. The van der Waals surface area contributed by atoms with Gasteiger partial charge in [-0.15, -0.1) is 0 Å². The van der Waals surface area contributed by atoms with Gasteiger partial charge in [0.15, 0.2) is 11.5 Å². The van der Waals surface area contributed by atoms with Crippen LogP contribution in [0.1, 0.15) is 56.8 Å². The molecule has 0 saturated heterocycles. The number of fused-ring (bicyclic) bond motifs is 1. The zero-order valence-electron chi connectivity index (χ0n) is 20.5. The third-order valence-corrected chi connectivity index (χ3v) is 5.98. The Balaban J connectivity index is 2.01. The van der Waals surface area contributed by atoms with E-state index in [9.17, 15) is 9.18 Å². The van der Waals surface area contributed by atoms with Gasteiger partial charge in [0, 0.05) is 24.2 Å². The lowest BCUT2D eigenvalue weighted by Crippen LogP contribution is -2.54. The second-order valence-electron chi connectivity index (χ2n) is 9.53. The molecule has 2 N–H and O–H groups in total. The number of rotatable bonds is 7. The molecule has 33 heavy (non-hydrogen) atoms. The van der Waals surface area contributed by atoms with Crippen LogP contribution < -0.4 is 20.1 Å². The molecule has 0 unspecified atom stereocenters. The minimum atomic E-state index is -0.351. The normalized spacial score (nSPS) is 17.1. The van der Waals surface area contributed by atoms with Crippen LogP contribution in [-0.4, -0.2) is 43.3 Å². The lowest BCUT2D eigenvalue weighted by atomic mass is 9.86. The van der Waals surface area contributed by atoms with Gasteiger partial charge in [0.1, 0.15) is 5.82 Å². The minimum Gasteiger partial charge on any atom is -0.493 e. The molecular weight excluding hydrogens is 421 g/mol. The highest BCUT2D eigenvalue weighted by Crippen LogP contribution is 2.40. The summed E-state index contributed by atoms with van der Waals surface area (Å²) in [6.07, 6.45) is 1.51. The number of halogens is 1. The van der Waals surface area contributed by atoms with E-state index in [-0.39, 0.29) is 29.5 Å². The van der Waals surface area contributed by atoms with E-state index >= 15 is 0 Å². The van der Waals surface area contributed by atoms with Gasteiger partial charge in [-0.3, -0.25) is 4.90 Å². The molecule has 0 fully saturated rings. The quantitative estimate of drug-likeness (QED) is 0.626. The van der Waals surface area contributed by atoms with Gasteiger partial charge in [-0.05, 0) is 62.9 Å². The summed E-state index contributed by atoms with van der Waals surface area (Å²) in [6.45, 7) is 9.09. The standard InChI is InChI=1S/C26H36FN3O3/c1-7-21(28-25(31)29-26(2,3)4)24-19-15-23(33-6)22(32-5)14-17(19)12-13-30(24)16-18-10-8-9-11-20(18)27/h8-11,14-15,21,24H,7,12-13,16H2,1-6H3,(H2,28,29,31)/t21-,24-/m1/s1. The molecule has 1 heterocycles. The summed E-state index contributed by atoms with van der Waals surface area (Å²) in [7, 11) is 3.24. The zero-order chi connectivity index (χ0) is 24.2. The van der Waals surface area contributed by atoms with Gasteiger partial charge in [-0.1, -0.05) is 25.1 Å². The number of nitrogens with zero attached hydrogens (tertiary/aromatic N) is 1. The molecule has 2 aromatic carbocycles. The Morgan fingerprint density at radius 1 is 1.18 bits per heavy atom. The lowest BCUT2D eigenvalue weighted by Gasteiger charge is -2.42. The molecule has 2 atom stereocenters. The van der Waals surface area contributed by atoms with E-state index in [0.29, 0.717) is 30.0 Å². The molecule has 0 aliphatic carbocycles. The molecule has 0 radical (unpaired) electrons. The lowest BCUT2D eigenvalue weighted by molar-refractivity contribution is 0.133. The highest BCUT2D eigenvalue weighted by atomic mass is 19.1. The summed E-state index contributed by atoms with van der Waals surface area (Å²) >= 11 is 0. The van der Waals surface area contributed by atoms with Crippen molar-refractivity contribution < 1.29 is 18.7 Å². The van der Waals surface area contributed by atoms with E-state index < -0.39 is 0 Å². The summed E-state index contributed by atoms with van der Waals surface area (Å²) in [4.78, 5) is 15.0. The summed E-state index contributed by atoms with van der Waals surface area (Å²) in [5.74, 6) is 1.10. The molecule has 2 aromatic rings. The van der Waals surface area contributed by atoms with Gasteiger partial charge < -0.3 is 20.1 Å². The summed E-state index contributed by atoms with van der Waals surface area (Å²) in [5.41, 5.74) is 2.51. The fourth-order valence-corrected chi connectivity index (χ4v) is 4.47. The van der Waals surface area contributed by atoms with Gasteiger partial charge in [0.2, 0.25) is 0 Å². The molecule has 1 aliphatic heterocycles. The van der Waals surface area contributed by atoms with Crippen molar-refractivity contribution in [1.29, 1.82) is 0 Å². The van der Waals surface area contributed by atoms with Crippen LogP contribution in [0.3, 0.4) is 0 Å². The Hall–Kier alpha value is -2.80. The van der Waals surface area contributed by atoms with Crippen molar-refractivity contribution in [2.75, 3.05) is 20.8 Å². The van der Waals surface area contributed by atoms with Crippen LogP contribution in [-0.2, 0) is 13.0 Å². The molecule has 3 rings (SSSR count). The summed E-state index contributed by atoms with van der Waals surface area (Å²) < 4.78 is 25.6. The molecule has 6 nitrogen and oxygen atoms in total. The molecule has 0 saturated carbocycles. The topological polar surface area (TPSA) is 62.8 Å². The number of nitrogens with one attached hydrogen (secondary N) is 2. The average molecular weight is 458 g/mol. The molecule has 2 amide bonds. The van der Waals surface area contributed by atoms with Gasteiger partial charge in [-0.2, -0.15) is 0 Å². The van der Waals surface area contributed by atoms with Crippen molar-refractivity contribution in [2.45, 2.75) is 64.7 Å². The van der Waals surface area contributed by atoms with Crippen molar-refractivity contribution in [3.63, 3.8) is 0 Å². The van der Waals surface area contributed by atoms with E-state index in [0.717, 1.165) is 24.1 Å². The van der Waals surface area contributed by atoms with E-state index in [2.05, 4.69) is 22.5 Å². The minimum absolute atomic E-state index is 0.149. The molecule has 1 aliphatic rings. The Bertz CT molecular complexity index is 974. The maximum atomic E-state index is 14.5. The predicted molar refractivity (Wildman–Crippen MR) is 128 cm³/mol. The van der Waals surface area contributed by atoms with E-state index in [1.165, 1.54) is 6.07 Å². The van der Waals surface area contributed by atoms with E-state index in [4.69, 9.17) is 9.47 Å². The summed E-state index contributed by atoms with van der Waals surface area (Å²) in [6, 6.07) is 10.3. The molecule has 0 bridgehead atoms. The second kappa shape index (κ2) is 10.4. The van der Waals surface area contributed by atoms with Crippen molar-refractivity contribution in [3.05, 3.63) is 58.9 Å². The number of amides is 2. The van der Waals surface area contributed by atoms with Crippen LogP contribution in [0, 0.1) is 5.82 Å². The van der Waals surface area contributed by atoms with Crippen LogP contribution in [0.5, 0.6) is 11.5 Å². The third-order valence-electron chi connectivity index (χ3n) is 5.98. The number of hydrogen-bond acceptors (Lipinski definition) is 4. The Morgan fingerprint density at radius 3 is 2.45 bits per heavy atom. The zero-order valence-corrected chi connectivity index (χ0v) is 20.5. The van der Waals surface area contributed by atoms with Crippen molar-refractivity contribution in [1.82, 2.24) is 15.5 Å². The maximum Gasteiger partial charge on any atom is 0.315 e.